The van der Waals surface area contributed by atoms with Crippen LogP contribution in [0.4, 0.5) is 5.82 Å². The number of rotatable bonds is 5. The number of ether oxygens (including phenoxy) is 2. The Hall–Kier alpha value is -3.41. The second-order valence-corrected chi connectivity index (χ2v) is 6.68. The van der Waals surface area contributed by atoms with Gasteiger partial charge in [-0.3, -0.25) is 14.2 Å². The number of fused-ring (bicyclic) bond motifs is 1. The maximum Gasteiger partial charge on any atom is 0.303 e. The first-order valence-corrected chi connectivity index (χ1v) is 9.15. The summed E-state index contributed by atoms with van der Waals surface area (Å²) in [7, 11) is 0. The van der Waals surface area contributed by atoms with E-state index >= 15 is 0 Å². The van der Waals surface area contributed by atoms with Crippen molar-refractivity contribution >= 4 is 28.9 Å². The molecule has 0 spiro atoms. The summed E-state index contributed by atoms with van der Waals surface area (Å²) >= 11 is 0. The Bertz CT molecular complexity index is 1070. The molecule has 4 atom stereocenters. The number of benzene rings is 1. The topological polar surface area (TPSA) is 149 Å². The molecular weight excluding hydrogens is 394 g/mol. The molecule has 11 heteroatoms. The van der Waals surface area contributed by atoms with Crippen molar-refractivity contribution in [2.24, 2.45) is 0 Å². The minimum atomic E-state index is -1.24. The Morgan fingerprint density at radius 3 is 2.70 bits per heavy atom. The number of nitrogens with one attached hydrogen (secondary N) is 1. The van der Waals surface area contributed by atoms with Crippen LogP contribution in [0.15, 0.2) is 43.0 Å². The number of aliphatic hydroxyl groups is 2. The second kappa shape index (κ2) is 8.14. The van der Waals surface area contributed by atoms with Gasteiger partial charge in [-0.25, -0.2) is 15.0 Å². The summed E-state index contributed by atoms with van der Waals surface area (Å²) in [5, 5.41) is 22.5. The number of carbonyl (C=O) groups is 2. The van der Waals surface area contributed by atoms with Crippen molar-refractivity contribution in [1.82, 2.24) is 19.5 Å². The fourth-order valence-corrected chi connectivity index (χ4v) is 3.31. The van der Waals surface area contributed by atoms with Gasteiger partial charge in [-0.05, 0) is 12.1 Å². The zero-order valence-corrected chi connectivity index (χ0v) is 15.9. The summed E-state index contributed by atoms with van der Waals surface area (Å²) in [5.74, 6) is -0.786. The zero-order valence-electron chi connectivity index (χ0n) is 15.9. The summed E-state index contributed by atoms with van der Waals surface area (Å²) in [5.41, 5.74) is 1.03. The Kier molecular flexibility index (Phi) is 5.40. The van der Waals surface area contributed by atoms with Gasteiger partial charge in [0.1, 0.15) is 18.5 Å². The molecule has 1 aliphatic heterocycles. The molecule has 0 aliphatic carbocycles. The fourth-order valence-electron chi connectivity index (χ4n) is 3.31. The number of aliphatic hydroxyl groups excluding tert-OH is 2. The molecule has 4 rings (SSSR count). The predicted octanol–water partition coefficient (Wildman–Crippen LogP) is 0.261. The van der Waals surface area contributed by atoms with Crippen LogP contribution in [0.2, 0.25) is 0 Å². The van der Waals surface area contributed by atoms with Crippen molar-refractivity contribution in [3.05, 3.63) is 48.5 Å². The molecule has 3 aromatic rings. The van der Waals surface area contributed by atoms with Gasteiger partial charge in [0.05, 0.1) is 12.9 Å². The molecule has 1 fully saturated rings. The van der Waals surface area contributed by atoms with Crippen LogP contribution in [0.1, 0.15) is 23.5 Å². The molecule has 1 aliphatic rings. The minimum absolute atomic E-state index is 0.189. The van der Waals surface area contributed by atoms with Gasteiger partial charge >= 0.3 is 5.97 Å². The standard InChI is InChI=1S/C19H19N5O6/c1-10(26)29-15-14(27)12(7-25)30-19(15)24-9-22-13-16(20-8-21-17(13)24)23-18(28)11-5-3-2-4-6-11/h2-6,8-9,12,14-15,19,25,27H,7H2,1H3,(H,20,21,23,28)/t12-,14?,15-,19-/m1/s1. The number of esters is 1. The highest BCUT2D eigenvalue weighted by molar-refractivity contribution is 6.06. The van der Waals surface area contributed by atoms with Crippen LogP contribution in [-0.4, -0.2) is 66.5 Å². The molecule has 0 bridgehead atoms. The molecule has 1 amide bonds. The lowest BCUT2D eigenvalue weighted by atomic mass is 10.1. The van der Waals surface area contributed by atoms with E-state index in [2.05, 4.69) is 20.3 Å². The van der Waals surface area contributed by atoms with E-state index in [0.717, 1.165) is 0 Å². The Morgan fingerprint density at radius 2 is 2.00 bits per heavy atom. The SMILES string of the molecule is CC(=O)O[C@@H]1C(O)[C@@H](CO)O[C@H]1n1cnc2c(NC(=O)c3ccccc3)ncnc21. The number of imidazole rings is 1. The minimum Gasteiger partial charge on any atom is -0.455 e. The highest BCUT2D eigenvalue weighted by Gasteiger charge is 2.47. The van der Waals surface area contributed by atoms with E-state index in [4.69, 9.17) is 9.47 Å². The van der Waals surface area contributed by atoms with Gasteiger partial charge in [0.25, 0.3) is 5.91 Å². The van der Waals surface area contributed by atoms with E-state index in [9.17, 15) is 19.8 Å². The van der Waals surface area contributed by atoms with Crippen molar-refractivity contribution in [1.29, 1.82) is 0 Å². The smallest absolute Gasteiger partial charge is 0.303 e. The molecule has 30 heavy (non-hydrogen) atoms. The average molecular weight is 413 g/mol. The van der Waals surface area contributed by atoms with Gasteiger partial charge in [0.2, 0.25) is 0 Å². The first-order valence-electron chi connectivity index (χ1n) is 9.15. The molecule has 3 N–H and O–H groups in total. The second-order valence-electron chi connectivity index (χ2n) is 6.68. The number of nitrogens with zero attached hydrogens (tertiary/aromatic N) is 4. The van der Waals surface area contributed by atoms with Gasteiger partial charge in [-0.15, -0.1) is 0 Å². The third-order valence-corrected chi connectivity index (χ3v) is 4.70. The zero-order chi connectivity index (χ0) is 21.3. The van der Waals surface area contributed by atoms with Crippen molar-refractivity contribution < 1.29 is 29.3 Å². The lowest BCUT2D eigenvalue weighted by Crippen LogP contribution is -2.36. The van der Waals surface area contributed by atoms with Crippen LogP contribution in [0.25, 0.3) is 11.2 Å². The summed E-state index contributed by atoms with van der Waals surface area (Å²) in [6.45, 7) is 0.747. The quantitative estimate of drug-likeness (QED) is 0.501. The van der Waals surface area contributed by atoms with Gasteiger partial charge in [-0.1, -0.05) is 18.2 Å². The predicted molar refractivity (Wildman–Crippen MR) is 102 cm³/mol. The van der Waals surface area contributed by atoms with Crippen LogP contribution in [0, 0.1) is 0 Å². The highest BCUT2D eigenvalue weighted by atomic mass is 16.6. The number of amides is 1. The van der Waals surface area contributed by atoms with Crippen molar-refractivity contribution in [2.75, 3.05) is 11.9 Å². The van der Waals surface area contributed by atoms with Crippen LogP contribution >= 0.6 is 0 Å². The van der Waals surface area contributed by atoms with Crippen molar-refractivity contribution in [3.63, 3.8) is 0 Å². The largest absolute Gasteiger partial charge is 0.455 e. The molecule has 1 aromatic carbocycles. The Labute approximate surface area is 170 Å². The molecule has 1 unspecified atom stereocenters. The Morgan fingerprint density at radius 1 is 1.23 bits per heavy atom. The maximum atomic E-state index is 12.5. The molecule has 0 saturated carbocycles. The van der Waals surface area contributed by atoms with E-state index in [-0.39, 0.29) is 17.2 Å². The van der Waals surface area contributed by atoms with Crippen molar-refractivity contribution in [2.45, 2.75) is 31.5 Å². The summed E-state index contributed by atoms with van der Waals surface area (Å²) in [4.78, 5) is 36.5. The van der Waals surface area contributed by atoms with E-state index in [1.165, 1.54) is 24.1 Å². The molecule has 1 saturated heterocycles. The van der Waals surface area contributed by atoms with Crippen LogP contribution in [0.3, 0.4) is 0 Å². The molecule has 0 radical (unpaired) electrons. The number of hydrogen-bond acceptors (Lipinski definition) is 9. The first kappa shape index (κ1) is 19.9. The van der Waals surface area contributed by atoms with E-state index in [1.807, 2.05) is 0 Å². The first-order chi connectivity index (χ1) is 14.5. The summed E-state index contributed by atoms with van der Waals surface area (Å²) in [6.07, 6.45) is -1.61. The molecule has 11 nitrogen and oxygen atoms in total. The average Bonchev–Trinajstić information content (AvgIpc) is 3.30. The van der Waals surface area contributed by atoms with E-state index in [0.29, 0.717) is 11.2 Å². The third-order valence-electron chi connectivity index (χ3n) is 4.70. The number of carbonyl (C=O) groups excluding carboxylic acids is 2. The number of anilines is 1. The highest BCUT2D eigenvalue weighted by Crippen LogP contribution is 2.34. The van der Waals surface area contributed by atoms with Gasteiger partial charge in [0.15, 0.2) is 29.3 Å². The maximum absolute atomic E-state index is 12.5. The summed E-state index contributed by atoms with van der Waals surface area (Å²) < 4.78 is 12.3. The van der Waals surface area contributed by atoms with E-state index in [1.54, 1.807) is 30.3 Å². The third kappa shape index (κ3) is 3.61. The summed E-state index contributed by atoms with van der Waals surface area (Å²) in [6, 6.07) is 8.62. The lowest BCUT2D eigenvalue weighted by molar-refractivity contribution is -0.155. The number of hydrogen-bond donors (Lipinski definition) is 3. The van der Waals surface area contributed by atoms with Crippen LogP contribution < -0.4 is 5.32 Å². The van der Waals surface area contributed by atoms with Crippen LogP contribution in [-0.2, 0) is 14.3 Å². The number of aromatic nitrogens is 4. The lowest BCUT2D eigenvalue weighted by Gasteiger charge is -2.21. The van der Waals surface area contributed by atoms with E-state index < -0.39 is 37.1 Å². The normalized spacial score (nSPS) is 23.4. The van der Waals surface area contributed by atoms with Gasteiger partial charge in [-0.2, -0.15) is 0 Å². The van der Waals surface area contributed by atoms with Gasteiger partial charge in [0, 0.05) is 12.5 Å². The Balaban J connectivity index is 1.67. The fraction of sp³-hybridized carbons (Fsp3) is 0.316. The van der Waals surface area contributed by atoms with Gasteiger partial charge < -0.3 is 25.0 Å². The van der Waals surface area contributed by atoms with Crippen LogP contribution in [0.5, 0.6) is 0 Å². The molecule has 2 aromatic heterocycles. The molecule has 3 heterocycles. The monoisotopic (exact) mass is 413 g/mol. The van der Waals surface area contributed by atoms with Crippen molar-refractivity contribution in [3.8, 4) is 0 Å². The molecular formula is C19H19N5O6. The molecule has 156 valence electrons.